The zero-order valence-electron chi connectivity index (χ0n) is 12.4. The lowest BCUT2D eigenvalue weighted by Gasteiger charge is -2.14. The van der Waals surface area contributed by atoms with E-state index < -0.39 is 6.10 Å². The van der Waals surface area contributed by atoms with E-state index in [1.165, 1.54) is 0 Å². The number of nitrogens with zero attached hydrogens (tertiary/aromatic N) is 2. The number of nitrogens with one attached hydrogen (secondary N) is 1. The topological polar surface area (TPSA) is 56.1 Å². The third-order valence-electron chi connectivity index (χ3n) is 3.07. The van der Waals surface area contributed by atoms with Crippen LogP contribution >= 0.6 is 0 Å². The Balaban J connectivity index is 2.10. The van der Waals surface area contributed by atoms with Gasteiger partial charge in [0.25, 0.3) is 5.91 Å². The highest BCUT2D eigenvalue weighted by atomic mass is 16.5. The van der Waals surface area contributed by atoms with Gasteiger partial charge in [-0.2, -0.15) is 0 Å². The molecule has 5 nitrogen and oxygen atoms in total. The van der Waals surface area contributed by atoms with Crippen LogP contribution in [0.3, 0.4) is 0 Å². The van der Waals surface area contributed by atoms with Crippen molar-refractivity contribution in [2.75, 3.05) is 6.54 Å². The standard InChI is InChI=1S/C15H21N3O2/c1-10(2)9-16-14(19)11(3)20-15-12-7-5-6-8-13(12)18(4)17-15/h5-8,10-11H,9H2,1-4H3,(H,16,19). The summed E-state index contributed by atoms with van der Waals surface area (Å²) in [7, 11) is 1.86. The third-order valence-corrected chi connectivity index (χ3v) is 3.07. The first kappa shape index (κ1) is 14.4. The van der Waals surface area contributed by atoms with Crippen LogP contribution in [0.15, 0.2) is 24.3 Å². The number of fused-ring (bicyclic) bond motifs is 1. The van der Waals surface area contributed by atoms with Crippen molar-refractivity contribution >= 4 is 16.8 Å². The van der Waals surface area contributed by atoms with Gasteiger partial charge in [0.1, 0.15) is 0 Å². The van der Waals surface area contributed by atoms with E-state index in [1.807, 2.05) is 31.3 Å². The second-order valence-electron chi connectivity index (χ2n) is 5.34. The molecule has 5 heteroatoms. The van der Waals surface area contributed by atoms with E-state index in [-0.39, 0.29) is 5.91 Å². The number of aryl methyl sites for hydroxylation is 1. The van der Waals surface area contributed by atoms with Crippen LogP contribution in [-0.2, 0) is 11.8 Å². The highest BCUT2D eigenvalue weighted by Gasteiger charge is 2.18. The van der Waals surface area contributed by atoms with Gasteiger partial charge in [0.15, 0.2) is 6.10 Å². The van der Waals surface area contributed by atoms with Crippen LogP contribution in [0.1, 0.15) is 20.8 Å². The van der Waals surface area contributed by atoms with Gasteiger partial charge >= 0.3 is 0 Å². The molecule has 1 aromatic heterocycles. The van der Waals surface area contributed by atoms with Gasteiger partial charge < -0.3 is 10.1 Å². The highest BCUT2D eigenvalue weighted by molar-refractivity contribution is 5.85. The summed E-state index contributed by atoms with van der Waals surface area (Å²) in [6.45, 7) is 6.49. The molecule has 1 amide bonds. The molecular weight excluding hydrogens is 254 g/mol. The normalized spacial score (nSPS) is 12.7. The zero-order valence-corrected chi connectivity index (χ0v) is 12.4. The number of rotatable bonds is 5. The number of hydrogen-bond donors (Lipinski definition) is 1. The van der Waals surface area contributed by atoms with Crippen LogP contribution in [0, 0.1) is 5.92 Å². The quantitative estimate of drug-likeness (QED) is 0.909. The molecule has 0 fully saturated rings. The van der Waals surface area contributed by atoms with Gasteiger partial charge in [-0.15, -0.1) is 5.10 Å². The van der Waals surface area contributed by atoms with E-state index in [9.17, 15) is 4.79 Å². The number of ether oxygens (including phenoxy) is 1. The number of para-hydroxylation sites is 1. The number of aromatic nitrogens is 2. The van der Waals surface area contributed by atoms with E-state index in [0.29, 0.717) is 18.3 Å². The number of carbonyl (C=O) groups is 1. The van der Waals surface area contributed by atoms with Crippen LogP contribution in [0.4, 0.5) is 0 Å². The summed E-state index contributed by atoms with van der Waals surface area (Å²) >= 11 is 0. The first-order chi connectivity index (χ1) is 9.49. The van der Waals surface area contributed by atoms with Gasteiger partial charge in [-0.3, -0.25) is 9.48 Å². The van der Waals surface area contributed by atoms with E-state index in [2.05, 4.69) is 24.3 Å². The lowest BCUT2D eigenvalue weighted by Crippen LogP contribution is -2.38. The van der Waals surface area contributed by atoms with Gasteiger partial charge in [0.2, 0.25) is 5.88 Å². The number of benzene rings is 1. The average molecular weight is 275 g/mol. The Kier molecular flexibility index (Phi) is 4.27. The molecule has 1 N–H and O–H groups in total. The van der Waals surface area contributed by atoms with Crippen LogP contribution in [0.2, 0.25) is 0 Å². The minimum atomic E-state index is -0.563. The van der Waals surface area contributed by atoms with E-state index in [0.717, 1.165) is 10.9 Å². The lowest BCUT2D eigenvalue weighted by molar-refractivity contribution is -0.127. The molecule has 0 saturated carbocycles. The Morgan fingerprint density at radius 3 is 2.75 bits per heavy atom. The van der Waals surface area contributed by atoms with Gasteiger partial charge in [0, 0.05) is 13.6 Å². The largest absolute Gasteiger partial charge is 0.463 e. The molecule has 0 bridgehead atoms. The summed E-state index contributed by atoms with van der Waals surface area (Å²) in [5.41, 5.74) is 0.984. The summed E-state index contributed by atoms with van der Waals surface area (Å²) < 4.78 is 7.45. The molecule has 1 heterocycles. The van der Waals surface area contributed by atoms with Gasteiger partial charge in [-0.05, 0) is 25.0 Å². The van der Waals surface area contributed by atoms with Crippen molar-refractivity contribution in [2.45, 2.75) is 26.9 Å². The molecule has 0 saturated heterocycles. The van der Waals surface area contributed by atoms with Crippen molar-refractivity contribution < 1.29 is 9.53 Å². The van der Waals surface area contributed by atoms with Crippen LogP contribution in [0.25, 0.3) is 10.9 Å². The molecule has 1 unspecified atom stereocenters. The fourth-order valence-corrected chi connectivity index (χ4v) is 1.94. The molecule has 108 valence electrons. The molecule has 2 rings (SSSR count). The van der Waals surface area contributed by atoms with Crippen molar-refractivity contribution in [3.05, 3.63) is 24.3 Å². The van der Waals surface area contributed by atoms with E-state index in [1.54, 1.807) is 11.6 Å². The summed E-state index contributed by atoms with van der Waals surface area (Å²) in [5.74, 6) is 0.797. The smallest absolute Gasteiger partial charge is 0.260 e. The SMILES string of the molecule is CC(C)CNC(=O)C(C)Oc1nn(C)c2ccccc12. The van der Waals surface area contributed by atoms with Crippen molar-refractivity contribution in [3.8, 4) is 5.88 Å². The number of hydrogen-bond acceptors (Lipinski definition) is 3. The fraction of sp³-hybridized carbons (Fsp3) is 0.467. The Labute approximate surface area is 118 Å². The minimum Gasteiger partial charge on any atom is -0.463 e. The molecule has 1 atom stereocenters. The molecule has 0 aliphatic rings. The predicted molar refractivity (Wildman–Crippen MR) is 78.7 cm³/mol. The van der Waals surface area contributed by atoms with Crippen LogP contribution < -0.4 is 10.1 Å². The number of carbonyl (C=O) groups excluding carboxylic acids is 1. The first-order valence-electron chi connectivity index (χ1n) is 6.85. The Morgan fingerprint density at radius 2 is 2.05 bits per heavy atom. The second-order valence-corrected chi connectivity index (χ2v) is 5.34. The molecule has 0 aliphatic carbocycles. The summed E-state index contributed by atoms with van der Waals surface area (Å²) in [6.07, 6.45) is -0.563. The Hall–Kier alpha value is -2.04. The predicted octanol–water partition coefficient (Wildman–Crippen LogP) is 2.11. The molecule has 0 aliphatic heterocycles. The molecular formula is C15H21N3O2. The molecule has 20 heavy (non-hydrogen) atoms. The minimum absolute atomic E-state index is 0.117. The molecule has 0 spiro atoms. The first-order valence-corrected chi connectivity index (χ1v) is 6.85. The summed E-state index contributed by atoms with van der Waals surface area (Å²) in [6, 6.07) is 7.79. The summed E-state index contributed by atoms with van der Waals surface area (Å²) in [4.78, 5) is 11.9. The highest BCUT2D eigenvalue weighted by Crippen LogP contribution is 2.24. The molecule has 0 radical (unpaired) electrons. The average Bonchev–Trinajstić information content (AvgIpc) is 2.73. The Bertz CT molecular complexity index is 604. The van der Waals surface area contributed by atoms with E-state index >= 15 is 0 Å². The van der Waals surface area contributed by atoms with E-state index in [4.69, 9.17) is 4.74 Å². The zero-order chi connectivity index (χ0) is 14.7. The van der Waals surface area contributed by atoms with Gasteiger partial charge in [-0.25, -0.2) is 0 Å². The van der Waals surface area contributed by atoms with Crippen molar-refractivity contribution in [2.24, 2.45) is 13.0 Å². The lowest BCUT2D eigenvalue weighted by atomic mass is 10.2. The van der Waals surface area contributed by atoms with Gasteiger partial charge in [-0.1, -0.05) is 26.0 Å². The van der Waals surface area contributed by atoms with Gasteiger partial charge in [0.05, 0.1) is 10.9 Å². The monoisotopic (exact) mass is 275 g/mol. The van der Waals surface area contributed by atoms with Crippen molar-refractivity contribution in [1.82, 2.24) is 15.1 Å². The third kappa shape index (κ3) is 3.10. The second kappa shape index (κ2) is 5.94. The maximum atomic E-state index is 11.9. The maximum Gasteiger partial charge on any atom is 0.260 e. The van der Waals surface area contributed by atoms with Crippen molar-refractivity contribution in [1.29, 1.82) is 0 Å². The molecule has 1 aromatic carbocycles. The van der Waals surface area contributed by atoms with Crippen LogP contribution in [-0.4, -0.2) is 28.3 Å². The Morgan fingerprint density at radius 1 is 1.35 bits per heavy atom. The van der Waals surface area contributed by atoms with Crippen LogP contribution in [0.5, 0.6) is 5.88 Å². The fourth-order valence-electron chi connectivity index (χ4n) is 1.94. The number of amides is 1. The summed E-state index contributed by atoms with van der Waals surface area (Å²) in [5, 5.41) is 8.10. The molecule has 2 aromatic rings. The van der Waals surface area contributed by atoms with Crippen molar-refractivity contribution in [3.63, 3.8) is 0 Å². The maximum absolute atomic E-state index is 11.9.